The monoisotopic (exact) mass is 221 g/mol. The standard InChI is InChI=1S/C11H24ClNO/c1-5-6-10(12)9-13-8-7-11(2,3)14-4/h10,13H,5-9H2,1-4H3. The van der Waals surface area contributed by atoms with Crippen molar-refractivity contribution in [2.45, 2.75) is 51.0 Å². The van der Waals surface area contributed by atoms with E-state index in [0.29, 0.717) is 0 Å². The van der Waals surface area contributed by atoms with E-state index in [4.69, 9.17) is 16.3 Å². The molecule has 0 spiro atoms. The Morgan fingerprint density at radius 1 is 1.43 bits per heavy atom. The Bertz CT molecular complexity index is 139. The van der Waals surface area contributed by atoms with Crippen molar-refractivity contribution >= 4 is 11.6 Å². The van der Waals surface area contributed by atoms with Crippen LogP contribution in [0.4, 0.5) is 0 Å². The highest BCUT2D eigenvalue weighted by molar-refractivity contribution is 6.20. The molecule has 0 radical (unpaired) electrons. The third-order valence-corrected chi connectivity index (χ3v) is 2.80. The van der Waals surface area contributed by atoms with Crippen LogP contribution in [0.1, 0.15) is 40.0 Å². The highest BCUT2D eigenvalue weighted by Gasteiger charge is 2.15. The largest absolute Gasteiger partial charge is 0.379 e. The van der Waals surface area contributed by atoms with Crippen molar-refractivity contribution in [2.24, 2.45) is 0 Å². The number of hydrogen-bond donors (Lipinski definition) is 1. The minimum atomic E-state index is -0.0282. The van der Waals surface area contributed by atoms with E-state index in [9.17, 15) is 0 Å². The molecule has 1 atom stereocenters. The molecule has 0 aliphatic heterocycles. The van der Waals surface area contributed by atoms with Gasteiger partial charge in [-0.3, -0.25) is 0 Å². The van der Waals surface area contributed by atoms with Crippen molar-refractivity contribution in [1.29, 1.82) is 0 Å². The Balaban J connectivity index is 3.37. The zero-order valence-electron chi connectivity index (χ0n) is 9.90. The van der Waals surface area contributed by atoms with Gasteiger partial charge in [0.2, 0.25) is 0 Å². The van der Waals surface area contributed by atoms with Crippen molar-refractivity contribution in [2.75, 3.05) is 20.2 Å². The van der Waals surface area contributed by atoms with Gasteiger partial charge in [0, 0.05) is 19.0 Å². The third kappa shape index (κ3) is 7.60. The summed E-state index contributed by atoms with van der Waals surface area (Å²) in [6, 6.07) is 0. The molecule has 0 bridgehead atoms. The summed E-state index contributed by atoms with van der Waals surface area (Å²) in [6.45, 7) is 8.21. The fourth-order valence-electron chi connectivity index (χ4n) is 1.17. The van der Waals surface area contributed by atoms with Crippen molar-refractivity contribution in [3.05, 3.63) is 0 Å². The lowest BCUT2D eigenvalue weighted by atomic mass is 10.1. The average molecular weight is 222 g/mol. The van der Waals surface area contributed by atoms with Crippen LogP contribution in [-0.4, -0.2) is 31.2 Å². The second kappa shape index (κ2) is 7.49. The number of alkyl halides is 1. The molecule has 3 heteroatoms. The summed E-state index contributed by atoms with van der Waals surface area (Å²) in [5.41, 5.74) is -0.0282. The van der Waals surface area contributed by atoms with E-state index in [1.165, 1.54) is 0 Å². The molecule has 0 fully saturated rings. The number of ether oxygens (including phenoxy) is 1. The van der Waals surface area contributed by atoms with Gasteiger partial charge >= 0.3 is 0 Å². The van der Waals surface area contributed by atoms with Gasteiger partial charge in [0.1, 0.15) is 0 Å². The maximum Gasteiger partial charge on any atom is 0.0634 e. The number of rotatable bonds is 8. The fraction of sp³-hybridized carbons (Fsp3) is 1.00. The Morgan fingerprint density at radius 3 is 2.57 bits per heavy atom. The fourth-order valence-corrected chi connectivity index (χ4v) is 1.49. The molecule has 14 heavy (non-hydrogen) atoms. The normalized spacial score (nSPS) is 14.4. The Labute approximate surface area is 93.4 Å². The molecule has 1 N–H and O–H groups in total. The summed E-state index contributed by atoms with van der Waals surface area (Å²) in [4.78, 5) is 0. The van der Waals surface area contributed by atoms with E-state index in [2.05, 4.69) is 26.1 Å². The second-order valence-corrected chi connectivity index (χ2v) is 4.92. The van der Waals surface area contributed by atoms with E-state index in [0.717, 1.165) is 32.4 Å². The highest BCUT2D eigenvalue weighted by Crippen LogP contribution is 2.11. The zero-order chi connectivity index (χ0) is 11.0. The third-order valence-electron chi connectivity index (χ3n) is 2.42. The first-order valence-corrected chi connectivity index (χ1v) is 5.85. The first-order valence-electron chi connectivity index (χ1n) is 5.41. The summed E-state index contributed by atoms with van der Waals surface area (Å²) in [7, 11) is 1.75. The predicted octanol–water partition coefficient (Wildman–Crippen LogP) is 2.80. The maximum atomic E-state index is 6.07. The van der Waals surface area contributed by atoms with Gasteiger partial charge in [-0.2, -0.15) is 0 Å². The molecule has 0 aliphatic rings. The van der Waals surface area contributed by atoms with Crippen molar-refractivity contribution in [3.63, 3.8) is 0 Å². The Hall–Kier alpha value is 0.210. The molecular formula is C11H24ClNO. The molecule has 0 aromatic heterocycles. The van der Waals surface area contributed by atoms with Gasteiger partial charge in [0.05, 0.1) is 5.60 Å². The first-order chi connectivity index (χ1) is 6.52. The quantitative estimate of drug-likeness (QED) is 0.503. The minimum Gasteiger partial charge on any atom is -0.379 e. The van der Waals surface area contributed by atoms with Gasteiger partial charge in [-0.05, 0) is 33.2 Å². The topological polar surface area (TPSA) is 21.3 Å². The van der Waals surface area contributed by atoms with Crippen LogP contribution in [0.25, 0.3) is 0 Å². The molecule has 0 aliphatic carbocycles. The van der Waals surface area contributed by atoms with Gasteiger partial charge in [-0.15, -0.1) is 11.6 Å². The van der Waals surface area contributed by atoms with Crippen molar-refractivity contribution in [3.8, 4) is 0 Å². The summed E-state index contributed by atoms with van der Waals surface area (Å²) < 4.78 is 5.32. The van der Waals surface area contributed by atoms with Crippen LogP contribution in [0.5, 0.6) is 0 Å². The van der Waals surface area contributed by atoms with Gasteiger partial charge in [-0.1, -0.05) is 13.3 Å². The molecule has 0 amide bonds. The molecule has 0 saturated carbocycles. The molecule has 86 valence electrons. The predicted molar refractivity (Wildman–Crippen MR) is 63.1 cm³/mol. The van der Waals surface area contributed by atoms with E-state index in [1.807, 2.05) is 0 Å². The molecule has 0 heterocycles. The van der Waals surface area contributed by atoms with Crippen LogP contribution in [0.3, 0.4) is 0 Å². The van der Waals surface area contributed by atoms with Crippen LogP contribution in [0.2, 0.25) is 0 Å². The molecule has 0 rings (SSSR count). The molecule has 2 nitrogen and oxygen atoms in total. The van der Waals surface area contributed by atoms with Crippen LogP contribution in [-0.2, 0) is 4.74 Å². The average Bonchev–Trinajstić information content (AvgIpc) is 2.13. The molecule has 1 unspecified atom stereocenters. The van der Waals surface area contributed by atoms with Crippen LogP contribution in [0, 0.1) is 0 Å². The lowest BCUT2D eigenvalue weighted by Gasteiger charge is -2.23. The van der Waals surface area contributed by atoms with Gasteiger partial charge in [0.15, 0.2) is 0 Å². The van der Waals surface area contributed by atoms with Crippen molar-refractivity contribution in [1.82, 2.24) is 5.32 Å². The van der Waals surface area contributed by atoms with E-state index >= 15 is 0 Å². The van der Waals surface area contributed by atoms with Gasteiger partial charge in [-0.25, -0.2) is 0 Å². The van der Waals surface area contributed by atoms with E-state index in [-0.39, 0.29) is 11.0 Å². The number of methoxy groups -OCH3 is 1. The number of hydrogen-bond acceptors (Lipinski definition) is 2. The summed E-state index contributed by atoms with van der Waals surface area (Å²) in [6.07, 6.45) is 3.25. The smallest absolute Gasteiger partial charge is 0.0634 e. The second-order valence-electron chi connectivity index (χ2n) is 4.30. The maximum absolute atomic E-state index is 6.07. The summed E-state index contributed by atoms with van der Waals surface area (Å²) >= 11 is 6.07. The van der Waals surface area contributed by atoms with Gasteiger partial charge in [0.25, 0.3) is 0 Å². The lowest BCUT2D eigenvalue weighted by molar-refractivity contribution is 0.0159. The van der Waals surface area contributed by atoms with Gasteiger partial charge < -0.3 is 10.1 Å². The van der Waals surface area contributed by atoms with Crippen LogP contribution in [0.15, 0.2) is 0 Å². The Kier molecular flexibility index (Phi) is 7.61. The van der Waals surface area contributed by atoms with Crippen LogP contribution >= 0.6 is 11.6 Å². The van der Waals surface area contributed by atoms with Crippen LogP contribution < -0.4 is 5.32 Å². The lowest BCUT2D eigenvalue weighted by Crippen LogP contribution is -2.31. The summed E-state index contributed by atoms with van der Waals surface area (Å²) in [5.74, 6) is 0. The number of halogens is 1. The highest BCUT2D eigenvalue weighted by atomic mass is 35.5. The van der Waals surface area contributed by atoms with Crippen molar-refractivity contribution < 1.29 is 4.74 Å². The summed E-state index contributed by atoms with van der Waals surface area (Å²) in [5, 5.41) is 3.62. The molecule has 0 aromatic carbocycles. The zero-order valence-corrected chi connectivity index (χ0v) is 10.7. The first kappa shape index (κ1) is 14.2. The van der Waals surface area contributed by atoms with E-state index in [1.54, 1.807) is 7.11 Å². The van der Waals surface area contributed by atoms with E-state index < -0.39 is 0 Å². The Morgan fingerprint density at radius 2 is 2.07 bits per heavy atom. The molecule has 0 saturated heterocycles. The molecular weight excluding hydrogens is 198 g/mol. The molecule has 0 aromatic rings. The number of nitrogens with one attached hydrogen (secondary N) is 1. The minimum absolute atomic E-state index is 0.0282. The SMILES string of the molecule is CCCC(Cl)CNCCC(C)(C)OC.